The zero-order valence-electron chi connectivity index (χ0n) is 28.8. The molecule has 1 aromatic heterocycles. The van der Waals surface area contributed by atoms with Crippen molar-refractivity contribution in [1.82, 2.24) is 4.57 Å². The lowest BCUT2D eigenvalue weighted by atomic mass is 9.80. The summed E-state index contributed by atoms with van der Waals surface area (Å²) in [5.74, 6) is 0.949. The number of fused-ring (bicyclic) bond motifs is 8. The normalized spacial score (nSPS) is 16.2. The third kappa shape index (κ3) is 3.96. The molecule has 0 saturated carbocycles. The van der Waals surface area contributed by atoms with Crippen LogP contribution in [0.25, 0.3) is 66.6 Å². The number of aromatic nitrogens is 1. The SMILES string of the molecule is Cc1c2c(c3cccc4c3c1-c1ccccc1-4)OC(c1ccc(-n3c4ccccc4c4ccccc43)cc1)(c1ccc(C(C)(C)C)cc1)C=C2. The van der Waals surface area contributed by atoms with Crippen molar-refractivity contribution in [3.63, 3.8) is 0 Å². The standard InChI is InChI=1S/C48H37NO/c1-30-35-28-29-48(32-22-20-31(21-23-32)47(2,3)4,50-46(35)41-17-11-16-40-36-12-5-6-15-39(36)44(30)45(40)41)33-24-26-34(27-25-33)49-42-18-9-7-13-37(42)38-14-8-10-19-43(38)49/h5-29H,1-4H3. The maximum Gasteiger partial charge on any atom is 0.178 e. The molecular formula is C48H37NO. The molecule has 8 aromatic rings. The minimum atomic E-state index is -0.819. The Morgan fingerprint density at radius 1 is 0.560 bits per heavy atom. The lowest BCUT2D eigenvalue weighted by Crippen LogP contribution is -2.34. The number of para-hydroxylation sites is 2. The van der Waals surface area contributed by atoms with Crippen molar-refractivity contribution in [1.29, 1.82) is 0 Å². The van der Waals surface area contributed by atoms with Crippen LogP contribution in [-0.2, 0) is 11.0 Å². The fourth-order valence-corrected chi connectivity index (χ4v) is 8.61. The smallest absolute Gasteiger partial charge is 0.178 e. The highest BCUT2D eigenvalue weighted by Crippen LogP contribution is 2.55. The van der Waals surface area contributed by atoms with Gasteiger partial charge in [-0.1, -0.05) is 142 Å². The van der Waals surface area contributed by atoms with E-state index in [2.05, 4.69) is 184 Å². The van der Waals surface area contributed by atoms with Crippen LogP contribution in [0.5, 0.6) is 5.75 Å². The van der Waals surface area contributed by atoms with Gasteiger partial charge in [0.25, 0.3) is 0 Å². The summed E-state index contributed by atoms with van der Waals surface area (Å²) in [5.41, 5.74) is 13.9. The Balaban J connectivity index is 1.18. The van der Waals surface area contributed by atoms with E-state index in [1.54, 1.807) is 0 Å². The van der Waals surface area contributed by atoms with Crippen molar-refractivity contribution in [2.45, 2.75) is 38.7 Å². The summed E-state index contributed by atoms with van der Waals surface area (Å²) in [4.78, 5) is 0. The van der Waals surface area contributed by atoms with E-state index in [1.807, 2.05) is 0 Å². The molecule has 2 aliphatic rings. The molecule has 0 N–H and O–H groups in total. The summed E-state index contributed by atoms with van der Waals surface area (Å²) in [5, 5.41) is 4.98. The van der Waals surface area contributed by atoms with Gasteiger partial charge in [0.15, 0.2) is 5.60 Å². The van der Waals surface area contributed by atoms with Crippen LogP contribution in [0, 0.1) is 6.92 Å². The van der Waals surface area contributed by atoms with Gasteiger partial charge in [0.05, 0.1) is 11.0 Å². The van der Waals surface area contributed by atoms with E-state index in [0.29, 0.717) is 0 Å². The maximum absolute atomic E-state index is 7.53. The molecular weight excluding hydrogens is 607 g/mol. The molecule has 50 heavy (non-hydrogen) atoms. The molecule has 0 fully saturated rings. The van der Waals surface area contributed by atoms with Crippen LogP contribution in [-0.4, -0.2) is 4.57 Å². The first-order valence-electron chi connectivity index (χ1n) is 17.6. The first-order valence-corrected chi connectivity index (χ1v) is 17.6. The van der Waals surface area contributed by atoms with Crippen molar-refractivity contribution < 1.29 is 4.74 Å². The first-order chi connectivity index (χ1) is 24.3. The fraction of sp³-hybridized carbons (Fsp3) is 0.125. The number of rotatable bonds is 3. The fourth-order valence-electron chi connectivity index (χ4n) is 8.61. The second-order valence-corrected chi connectivity index (χ2v) is 14.9. The summed E-state index contributed by atoms with van der Waals surface area (Å²) in [6.07, 6.45) is 4.60. The predicted molar refractivity (Wildman–Crippen MR) is 209 cm³/mol. The van der Waals surface area contributed by atoms with Gasteiger partial charge in [-0.15, -0.1) is 0 Å². The summed E-state index contributed by atoms with van der Waals surface area (Å²) in [6, 6.07) is 50.9. The van der Waals surface area contributed by atoms with E-state index in [-0.39, 0.29) is 5.41 Å². The van der Waals surface area contributed by atoms with Crippen LogP contribution in [0.15, 0.2) is 146 Å². The van der Waals surface area contributed by atoms with Crippen LogP contribution in [0.3, 0.4) is 0 Å². The van der Waals surface area contributed by atoms with Gasteiger partial charge in [0.1, 0.15) is 5.75 Å². The third-order valence-corrected chi connectivity index (χ3v) is 11.1. The number of ether oxygens (including phenoxy) is 1. The van der Waals surface area contributed by atoms with Crippen LogP contribution in [0.1, 0.15) is 48.6 Å². The average Bonchev–Trinajstić information content (AvgIpc) is 3.67. The highest BCUT2D eigenvalue weighted by molar-refractivity contribution is 6.19. The molecule has 1 atom stereocenters. The molecule has 0 radical (unpaired) electrons. The Kier molecular flexibility index (Phi) is 6.01. The van der Waals surface area contributed by atoms with Crippen LogP contribution in [0.4, 0.5) is 0 Å². The Labute approximate surface area is 292 Å². The van der Waals surface area contributed by atoms with Gasteiger partial charge in [-0.25, -0.2) is 0 Å². The zero-order chi connectivity index (χ0) is 33.8. The summed E-state index contributed by atoms with van der Waals surface area (Å²) < 4.78 is 9.90. The maximum atomic E-state index is 7.53. The van der Waals surface area contributed by atoms with Crippen LogP contribution < -0.4 is 4.74 Å². The van der Waals surface area contributed by atoms with E-state index in [9.17, 15) is 0 Å². The van der Waals surface area contributed by atoms with Gasteiger partial charge in [0.2, 0.25) is 0 Å². The topological polar surface area (TPSA) is 14.2 Å². The highest BCUT2D eigenvalue weighted by atomic mass is 16.5. The molecule has 0 amide bonds. The average molecular weight is 644 g/mol. The van der Waals surface area contributed by atoms with Crippen LogP contribution >= 0.6 is 0 Å². The highest BCUT2D eigenvalue weighted by Gasteiger charge is 2.40. The summed E-state index contributed by atoms with van der Waals surface area (Å²) in [6.45, 7) is 9.05. The number of benzene rings is 7. The Hall–Kier alpha value is -5.86. The molecule has 2 heterocycles. The molecule has 1 aliphatic carbocycles. The number of hydrogen-bond donors (Lipinski definition) is 0. The monoisotopic (exact) mass is 643 g/mol. The number of nitrogens with zero attached hydrogens (tertiary/aromatic N) is 1. The Morgan fingerprint density at radius 2 is 1.12 bits per heavy atom. The first kappa shape index (κ1) is 29.1. The molecule has 1 aliphatic heterocycles. The quantitative estimate of drug-likeness (QED) is 0.187. The van der Waals surface area contributed by atoms with E-state index in [4.69, 9.17) is 4.74 Å². The molecule has 0 spiro atoms. The van der Waals surface area contributed by atoms with Crippen molar-refractivity contribution >= 4 is 38.7 Å². The van der Waals surface area contributed by atoms with Crippen molar-refractivity contribution in [2.75, 3.05) is 0 Å². The van der Waals surface area contributed by atoms with Gasteiger partial charge < -0.3 is 9.30 Å². The molecule has 2 nitrogen and oxygen atoms in total. The summed E-state index contributed by atoms with van der Waals surface area (Å²) in [7, 11) is 0. The minimum Gasteiger partial charge on any atom is -0.472 e. The van der Waals surface area contributed by atoms with Gasteiger partial charge >= 0.3 is 0 Å². The lowest BCUT2D eigenvalue weighted by molar-refractivity contribution is 0.163. The molecule has 10 rings (SSSR count). The van der Waals surface area contributed by atoms with E-state index in [0.717, 1.165) is 33.5 Å². The summed E-state index contributed by atoms with van der Waals surface area (Å²) >= 11 is 0. The second kappa shape index (κ2) is 10.3. The Bertz CT molecular complexity index is 2650. The molecule has 1 unspecified atom stereocenters. The van der Waals surface area contributed by atoms with Gasteiger partial charge in [0, 0.05) is 43.9 Å². The number of hydrogen-bond acceptors (Lipinski definition) is 1. The molecule has 7 aromatic carbocycles. The van der Waals surface area contributed by atoms with Gasteiger partial charge in [-0.2, -0.15) is 0 Å². The van der Waals surface area contributed by atoms with Crippen molar-refractivity contribution in [3.05, 3.63) is 173 Å². The molecule has 0 saturated heterocycles. The largest absolute Gasteiger partial charge is 0.472 e. The van der Waals surface area contributed by atoms with E-state index < -0.39 is 5.60 Å². The lowest BCUT2D eigenvalue weighted by Gasteiger charge is -2.38. The minimum absolute atomic E-state index is 0.0515. The Morgan fingerprint density at radius 3 is 1.78 bits per heavy atom. The third-order valence-electron chi connectivity index (χ3n) is 11.1. The second-order valence-electron chi connectivity index (χ2n) is 14.9. The van der Waals surface area contributed by atoms with E-state index in [1.165, 1.54) is 60.6 Å². The van der Waals surface area contributed by atoms with E-state index >= 15 is 0 Å². The zero-order valence-corrected chi connectivity index (χ0v) is 28.8. The van der Waals surface area contributed by atoms with Crippen LogP contribution in [0.2, 0.25) is 0 Å². The molecule has 2 heteroatoms. The van der Waals surface area contributed by atoms with Crippen molar-refractivity contribution in [2.24, 2.45) is 0 Å². The van der Waals surface area contributed by atoms with Gasteiger partial charge in [-0.05, 0) is 76.1 Å². The molecule has 240 valence electrons. The predicted octanol–water partition coefficient (Wildman–Crippen LogP) is 12.5. The van der Waals surface area contributed by atoms with Crippen molar-refractivity contribution in [3.8, 4) is 33.7 Å². The van der Waals surface area contributed by atoms with Gasteiger partial charge in [-0.3, -0.25) is 0 Å². The molecule has 0 bridgehead atoms.